The van der Waals surface area contributed by atoms with E-state index < -0.39 is 0 Å². The molecule has 0 saturated heterocycles. The summed E-state index contributed by atoms with van der Waals surface area (Å²) in [6.07, 6.45) is 5.92. The summed E-state index contributed by atoms with van der Waals surface area (Å²) in [5, 5.41) is 3.54. The molecule has 0 radical (unpaired) electrons. The fourth-order valence-electron chi connectivity index (χ4n) is 1.88. The zero-order valence-electron chi connectivity index (χ0n) is 8.48. The van der Waals surface area contributed by atoms with Gasteiger partial charge in [-0.3, -0.25) is 4.98 Å². The topological polar surface area (TPSA) is 50.9 Å². The minimum Gasteiger partial charge on any atom is -0.328 e. The van der Waals surface area contributed by atoms with E-state index in [0.29, 0.717) is 18.1 Å². The third-order valence-corrected chi connectivity index (χ3v) is 2.84. The third kappa shape index (κ3) is 2.11. The van der Waals surface area contributed by atoms with E-state index in [9.17, 15) is 0 Å². The molecule has 1 atom stereocenters. The molecule has 76 valence electrons. The molecule has 0 spiro atoms. The lowest BCUT2D eigenvalue weighted by atomic mass is 9.87. The first kappa shape index (κ1) is 9.62. The van der Waals surface area contributed by atoms with Crippen LogP contribution in [0.2, 0.25) is 0 Å². The second kappa shape index (κ2) is 4.07. The third-order valence-electron chi connectivity index (χ3n) is 2.84. The van der Waals surface area contributed by atoms with E-state index in [-0.39, 0.29) is 0 Å². The number of rotatable bonds is 3. The van der Waals surface area contributed by atoms with Gasteiger partial charge in [-0.15, -0.1) is 0 Å². The minimum atomic E-state index is 0.376. The van der Waals surface area contributed by atoms with Crippen LogP contribution in [0.1, 0.15) is 31.4 Å². The standard InChI is InChI=1S/C11H17N3/c1-8(9-3-2-4-13-7-9)14-11-5-10(12)6-11/h2-4,7-8,10-11,14H,5-6,12H2,1H3/t8-,10?,11?/m0/s1. The zero-order chi connectivity index (χ0) is 9.97. The highest BCUT2D eigenvalue weighted by atomic mass is 15.0. The minimum absolute atomic E-state index is 0.376. The molecular formula is C11H17N3. The summed E-state index contributed by atoms with van der Waals surface area (Å²) in [5.41, 5.74) is 6.97. The average Bonchev–Trinajstić information content (AvgIpc) is 2.17. The highest BCUT2D eigenvalue weighted by molar-refractivity contribution is 5.13. The molecule has 3 nitrogen and oxygen atoms in total. The molecule has 1 aliphatic carbocycles. The molecule has 1 saturated carbocycles. The first-order chi connectivity index (χ1) is 6.75. The van der Waals surface area contributed by atoms with Gasteiger partial charge in [0.25, 0.3) is 0 Å². The van der Waals surface area contributed by atoms with Crippen molar-refractivity contribution >= 4 is 0 Å². The van der Waals surface area contributed by atoms with Crippen molar-refractivity contribution in [1.82, 2.24) is 10.3 Å². The summed E-state index contributed by atoms with van der Waals surface area (Å²) in [6, 6.07) is 5.46. The molecule has 1 heterocycles. The van der Waals surface area contributed by atoms with Gasteiger partial charge in [0.15, 0.2) is 0 Å². The molecule has 0 amide bonds. The van der Waals surface area contributed by atoms with Crippen LogP contribution in [-0.2, 0) is 0 Å². The largest absolute Gasteiger partial charge is 0.328 e. The van der Waals surface area contributed by atoms with Gasteiger partial charge >= 0.3 is 0 Å². The number of pyridine rings is 1. The van der Waals surface area contributed by atoms with Gasteiger partial charge in [-0.05, 0) is 31.4 Å². The number of nitrogens with two attached hydrogens (primary N) is 1. The Hall–Kier alpha value is -0.930. The summed E-state index contributed by atoms with van der Waals surface area (Å²) in [4.78, 5) is 4.11. The van der Waals surface area contributed by atoms with Gasteiger partial charge in [-0.25, -0.2) is 0 Å². The predicted octanol–water partition coefficient (Wildman–Crippen LogP) is 1.22. The second-order valence-corrected chi connectivity index (χ2v) is 4.10. The molecule has 1 aliphatic rings. The smallest absolute Gasteiger partial charge is 0.0315 e. The van der Waals surface area contributed by atoms with Crippen LogP contribution < -0.4 is 11.1 Å². The highest BCUT2D eigenvalue weighted by Crippen LogP contribution is 2.21. The summed E-state index contributed by atoms with van der Waals surface area (Å²) >= 11 is 0. The molecule has 0 bridgehead atoms. The Morgan fingerprint density at radius 3 is 2.93 bits per heavy atom. The van der Waals surface area contributed by atoms with Crippen molar-refractivity contribution in [1.29, 1.82) is 0 Å². The Labute approximate surface area is 84.7 Å². The molecule has 1 aromatic heterocycles. The molecular weight excluding hydrogens is 174 g/mol. The molecule has 3 heteroatoms. The quantitative estimate of drug-likeness (QED) is 0.755. The molecule has 14 heavy (non-hydrogen) atoms. The van der Waals surface area contributed by atoms with Crippen LogP contribution in [0.25, 0.3) is 0 Å². The Bertz CT molecular complexity index is 280. The Morgan fingerprint density at radius 2 is 2.36 bits per heavy atom. The van der Waals surface area contributed by atoms with E-state index in [1.54, 1.807) is 6.20 Å². The predicted molar refractivity (Wildman–Crippen MR) is 56.8 cm³/mol. The Morgan fingerprint density at radius 1 is 1.57 bits per heavy atom. The summed E-state index contributed by atoms with van der Waals surface area (Å²) in [6.45, 7) is 2.17. The second-order valence-electron chi connectivity index (χ2n) is 4.10. The van der Waals surface area contributed by atoms with E-state index in [4.69, 9.17) is 5.73 Å². The molecule has 2 rings (SSSR count). The van der Waals surface area contributed by atoms with Crippen LogP contribution in [0.3, 0.4) is 0 Å². The van der Waals surface area contributed by atoms with Crippen LogP contribution >= 0.6 is 0 Å². The molecule has 0 aromatic carbocycles. The summed E-state index contributed by atoms with van der Waals surface area (Å²) < 4.78 is 0. The fraction of sp³-hybridized carbons (Fsp3) is 0.545. The first-order valence-electron chi connectivity index (χ1n) is 5.17. The van der Waals surface area contributed by atoms with Crippen molar-refractivity contribution in [2.75, 3.05) is 0 Å². The maximum atomic E-state index is 5.73. The summed E-state index contributed by atoms with van der Waals surface area (Å²) in [5.74, 6) is 0. The van der Waals surface area contributed by atoms with E-state index >= 15 is 0 Å². The number of aromatic nitrogens is 1. The van der Waals surface area contributed by atoms with Crippen LogP contribution in [0.15, 0.2) is 24.5 Å². The van der Waals surface area contributed by atoms with Gasteiger partial charge < -0.3 is 11.1 Å². The van der Waals surface area contributed by atoms with Gasteiger partial charge in [0, 0.05) is 30.5 Å². The molecule has 3 N–H and O–H groups in total. The van der Waals surface area contributed by atoms with Crippen molar-refractivity contribution in [2.45, 2.75) is 37.9 Å². The monoisotopic (exact) mass is 191 g/mol. The van der Waals surface area contributed by atoms with E-state index in [2.05, 4.69) is 23.3 Å². The first-order valence-corrected chi connectivity index (χ1v) is 5.17. The molecule has 0 unspecified atom stereocenters. The summed E-state index contributed by atoms with van der Waals surface area (Å²) in [7, 11) is 0. The van der Waals surface area contributed by atoms with Gasteiger partial charge in [0.2, 0.25) is 0 Å². The maximum absolute atomic E-state index is 5.73. The van der Waals surface area contributed by atoms with Gasteiger partial charge in [0.1, 0.15) is 0 Å². The van der Waals surface area contributed by atoms with Crippen LogP contribution in [0, 0.1) is 0 Å². The van der Waals surface area contributed by atoms with Crippen LogP contribution in [-0.4, -0.2) is 17.1 Å². The molecule has 1 fully saturated rings. The highest BCUT2D eigenvalue weighted by Gasteiger charge is 2.26. The van der Waals surface area contributed by atoms with Crippen molar-refractivity contribution in [3.63, 3.8) is 0 Å². The maximum Gasteiger partial charge on any atom is 0.0315 e. The lowest BCUT2D eigenvalue weighted by molar-refractivity contribution is 0.272. The molecule has 1 aromatic rings. The number of nitrogens with one attached hydrogen (secondary N) is 1. The number of hydrogen-bond acceptors (Lipinski definition) is 3. The van der Waals surface area contributed by atoms with Crippen LogP contribution in [0.5, 0.6) is 0 Å². The van der Waals surface area contributed by atoms with Crippen molar-refractivity contribution in [3.8, 4) is 0 Å². The Balaban J connectivity index is 1.87. The average molecular weight is 191 g/mol. The number of nitrogens with zero attached hydrogens (tertiary/aromatic N) is 1. The normalized spacial score (nSPS) is 28.1. The van der Waals surface area contributed by atoms with E-state index in [1.165, 1.54) is 5.56 Å². The molecule has 0 aliphatic heterocycles. The van der Waals surface area contributed by atoms with E-state index in [1.807, 2.05) is 12.3 Å². The lowest BCUT2D eigenvalue weighted by Crippen LogP contribution is -2.49. The van der Waals surface area contributed by atoms with Gasteiger partial charge in [-0.2, -0.15) is 0 Å². The lowest BCUT2D eigenvalue weighted by Gasteiger charge is -2.35. The van der Waals surface area contributed by atoms with Crippen LogP contribution in [0.4, 0.5) is 0 Å². The zero-order valence-corrected chi connectivity index (χ0v) is 8.48. The van der Waals surface area contributed by atoms with E-state index in [0.717, 1.165) is 12.8 Å². The number of hydrogen-bond donors (Lipinski definition) is 2. The Kier molecular flexibility index (Phi) is 2.79. The fourth-order valence-corrected chi connectivity index (χ4v) is 1.88. The SMILES string of the molecule is C[C@H](NC1CC(N)C1)c1cccnc1. The van der Waals surface area contributed by atoms with Gasteiger partial charge in [0.05, 0.1) is 0 Å². The van der Waals surface area contributed by atoms with Crippen molar-refractivity contribution in [2.24, 2.45) is 5.73 Å². The van der Waals surface area contributed by atoms with Crippen molar-refractivity contribution < 1.29 is 0 Å². The van der Waals surface area contributed by atoms with Gasteiger partial charge in [-0.1, -0.05) is 6.07 Å². The van der Waals surface area contributed by atoms with Crippen molar-refractivity contribution in [3.05, 3.63) is 30.1 Å².